The number of sulfone groups is 1. The van der Waals surface area contributed by atoms with Crippen molar-refractivity contribution >= 4 is 22.2 Å². The van der Waals surface area contributed by atoms with E-state index in [0.717, 1.165) is 0 Å². The van der Waals surface area contributed by atoms with Gasteiger partial charge >= 0.3 is 0 Å². The average Bonchev–Trinajstić information content (AvgIpc) is 2.28. The Kier molecular flexibility index (Phi) is 7.21. The third-order valence-electron chi connectivity index (χ3n) is 2.36. The van der Waals surface area contributed by atoms with Gasteiger partial charge in [-0.15, -0.1) is 12.4 Å². The molecule has 0 atom stereocenters. The van der Waals surface area contributed by atoms with Crippen molar-refractivity contribution in [2.75, 3.05) is 5.75 Å². The fourth-order valence-corrected chi connectivity index (χ4v) is 2.90. The topological polar surface area (TPSA) is 60.2 Å². The van der Waals surface area contributed by atoms with Crippen molar-refractivity contribution in [2.24, 2.45) is 11.7 Å². The maximum atomic E-state index is 12.1. The smallest absolute Gasteiger partial charge is 0.182 e. The fraction of sp³-hybridized carbons (Fsp3) is 0.385. The molecule has 0 aromatic heterocycles. The van der Waals surface area contributed by atoms with Gasteiger partial charge in [-0.05, 0) is 17.5 Å². The maximum Gasteiger partial charge on any atom is 0.182 e. The molecule has 102 valence electrons. The SMILES string of the molecule is CC(C)C=CCS(=O)(=O)c1ccccc1CN.Cl. The van der Waals surface area contributed by atoms with Crippen LogP contribution in [0.1, 0.15) is 19.4 Å². The molecule has 0 aliphatic carbocycles. The van der Waals surface area contributed by atoms with Gasteiger partial charge in [-0.2, -0.15) is 0 Å². The zero-order valence-corrected chi connectivity index (χ0v) is 12.3. The van der Waals surface area contributed by atoms with Crippen LogP contribution in [0.2, 0.25) is 0 Å². The van der Waals surface area contributed by atoms with E-state index >= 15 is 0 Å². The first-order valence-corrected chi connectivity index (χ1v) is 7.30. The zero-order chi connectivity index (χ0) is 12.9. The minimum absolute atomic E-state index is 0. The lowest BCUT2D eigenvalue weighted by Crippen LogP contribution is -2.10. The minimum atomic E-state index is -3.27. The molecule has 1 rings (SSSR count). The first-order valence-electron chi connectivity index (χ1n) is 5.64. The molecule has 0 unspecified atom stereocenters. The van der Waals surface area contributed by atoms with E-state index < -0.39 is 9.84 Å². The number of hydrogen-bond donors (Lipinski definition) is 1. The molecule has 18 heavy (non-hydrogen) atoms. The van der Waals surface area contributed by atoms with Gasteiger partial charge in [0.05, 0.1) is 10.6 Å². The van der Waals surface area contributed by atoms with E-state index in [-0.39, 0.29) is 24.7 Å². The number of rotatable bonds is 5. The molecule has 0 radical (unpaired) electrons. The van der Waals surface area contributed by atoms with Crippen molar-refractivity contribution in [3.05, 3.63) is 42.0 Å². The Morgan fingerprint density at radius 2 is 1.89 bits per heavy atom. The predicted molar refractivity (Wildman–Crippen MR) is 77.6 cm³/mol. The van der Waals surface area contributed by atoms with E-state index in [9.17, 15) is 8.42 Å². The molecule has 0 saturated carbocycles. The lowest BCUT2D eigenvalue weighted by molar-refractivity contribution is 0.597. The van der Waals surface area contributed by atoms with E-state index in [0.29, 0.717) is 16.4 Å². The van der Waals surface area contributed by atoms with Gasteiger partial charge in [0.2, 0.25) is 0 Å². The number of allylic oxidation sites excluding steroid dienone is 1. The van der Waals surface area contributed by atoms with Gasteiger partial charge in [0.25, 0.3) is 0 Å². The van der Waals surface area contributed by atoms with E-state index in [4.69, 9.17) is 5.73 Å². The number of halogens is 1. The molecular formula is C13H20ClNO2S. The van der Waals surface area contributed by atoms with E-state index in [1.165, 1.54) is 0 Å². The standard InChI is InChI=1S/C13H19NO2S.ClH/c1-11(2)6-5-9-17(15,16)13-8-4-3-7-12(13)10-14;/h3-8,11H,9-10,14H2,1-2H3;1H. The second-order valence-electron chi connectivity index (χ2n) is 4.27. The summed E-state index contributed by atoms with van der Waals surface area (Å²) in [7, 11) is -3.27. The molecule has 1 aromatic carbocycles. The molecule has 0 spiro atoms. The van der Waals surface area contributed by atoms with Gasteiger partial charge < -0.3 is 5.73 Å². The van der Waals surface area contributed by atoms with Gasteiger partial charge in [0.1, 0.15) is 0 Å². The molecule has 0 fully saturated rings. The van der Waals surface area contributed by atoms with E-state index in [1.807, 2.05) is 19.9 Å². The molecule has 2 N–H and O–H groups in total. The quantitative estimate of drug-likeness (QED) is 0.848. The van der Waals surface area contributed by atoms with Gasteiger partial charge in [-0.3, -0.25) is 0 Å². The maximum absolute atomic E-state index is 12.1. The van der Waals surface area contributed by atoms with Gasteiger partial charge in [-0.1, -0.05) is 44.2 Å². The number of nitrogens with two attached hydrogens (primary N) is 1. The Bertz CT molecular complexity index is 495. The highest BCUT2D eigenvalue weighted by Crippen LogP contribution is 2.16. The second-order valence-corrected chi connectivity index (χ2v) is 6.27. The van der Waals surface area contributed by atoms with Crippen molar-refractivity contribution in [2.45, 2.75) is 25.3 Å². The summed E-state index contributed by atoms with van der Waals surface area (Å²) in [6.45, 7) is 4.26. The molecule has 0 aliphatic heterocycles. The van der Waals surface area contributed by atoms with Crippen LogP contribution in [0.25, 0.3) is 0 Å². The van der Waals surface area contributed by atoms with Gasteiger partial charge in [0, 0.05) is 6.54 Å². The zero-order valence-electron chi connectivity index (χ0n) is 10.7. The molecular weight excluding hydrogens is 270 g/mol. The van der Waals surface area contributed by atoms with Crippen LogP contribution >= 0.6 is 12.4 Å². The van der Waals surface area contributed by atoms with Crippen LogP contribution in [-0.4, -0.2) is 14.2 Å². The lowest BCUT2D eigenvalue weighted by Gasteiger charge is -2.07. The summed E-state index contributed by atoms with van der Waals surface area (Å²) >= 11 is 0. The largest absolute Gasteiger partial charge is 0.326 e. The molecule has 5 heteroatoms. The summed E-state index contributed by atoms with van der Waals surface area (Å²) in [5, 5.41) is 0. The van der Waals surface area contributed by atoms with Crippen LogP contribution in [0.15, 0.2) is 41.3 Å². The monoisotopic (exact) mass is 289 g/mol. The molecule has 0 saturated heterocycles. The highest BCUT2D eigenvalue weighted by molar-refractivity contribution is 7.91. The first kappa shape index (κ1) is 17.2. The molecule has 0 heterocycles. The third-order valence-corrected chi connectivity index (χ3v) is 4.06. The number of benzene rings is 1. The Morgan fingerprint density at radius 3 is 2.44 bits per heavy atom. The fourth-order valence-electron chi connectivity index (χ4n) is 1.52. The summed E-state index contributed by atoms with van der Waals surface area (Å²) in [6.07, 6.45) is 3.59. The Morgan fingerprint density at radius 1 is 1.28 bits per heavy atom. The molecule has 1 aromatic rings. The van der Waals surface area contributed by atoms with Crippen molar-refractivity contribution in [1.29, 1.82) is 0 Å². The van der Waals surface area contributed by atoms with Crippen molar-refractivity contribution in [1.82, 2.24) is 0 Å². The normalized spacial score (nSPS) is 11.8. The predicted octanol–water partition coefficient (Wildman–Crippen LogP) is 2.55. The van der Waals surface area contributed by atoms with E-state index in [1.54, 1.807) is 30.3 Å². The van der Waals surface area contributed by atoms with Crippen molar-refractivity contribution < 1.29 is 8.42 Å². The highest BCUT2D eigenvalue weighted by atomic mass is 35.5. The van der Waals surface area contributed by atoms with Crippen LogP contribution in [-0.2, 0) is 16.4 Å². The van der Waals surface area contributed by atoms with Crippen LogP contribution in [0.5, 0.6) is 0 Å². The van der Waals surface area contributed by atoms with E-state index in [2.05, 4.69) is 0 Å². The molecule has 3 nitrogen and oxygen atoms in total. The summed E-state index contributed by atoms with van der Waals surface area (Å²) < 4.78 is 24.2. The van der Waals surface area contributed by atoms with Crippen LogP contribution in [0.4, 0.5) is 0 Å². The second kappa shape index (κ2) is 7.56. The Labute approximate surface area is 115 Å². The van der Waals surface area contributed by atoms with Gasteiger partial charge in [0.15, 0.2) is 9.84 Å². The highest BCUT2D eigenvalue weighted by Gasteiger charge is 2.15. The number of hydrogen-bond acceptors (Lipinski definition) is 3. The third kappa shape index (κ3) is 4.80. The summed E-state index contributed by atoms with van der Waals surface area (Å²) in [6, 6.07) is 6.88. The molecule has 0 amide bonds. The van der Waals surface area contributed by atoms with Crippen molar-refractivity contribution in [3.8, 4) is 0 Å². The summed E-state index contributed by atoms with van der Waals surface area (Å²) in [4.78, 5) is 0.343. The van der Waals surface area contributed by atoms with Crippen LogP contribution in [0, 0.1) is 5.92 Å². The van der Waals surface area contributed by atoms with Crippen molar-refractivity contribution in [3.63, 3.8) is 0 Å². The van der Waals surface area contributed by atoms with Crippen LogP contribution in [0.3, 0.4) is 0 Å². The lowest BCUT2D eigenvalue weighted by atomic mass is 10.2. The average molecular weight is 290 g/mol. The summed E-state index contributed by atoms with van der Waals surface area (Å²) in [5.41, 5.74) is 6.21. The first-order chi connectivity index (χ1) is 7.97. The minimum Gasteiger partial charge on any atom is -0.326 e. The Balaban J connectivity index is 0.00000289. The summed E-state index contributed by atoms with van der Waals surface area (Å²) in [5.74, 6) is 0.386. The van der Waals surface area contributed by atoms with Gasteiger partial charge in [-0.25, -0.2) is 8.42 Å². The molecule has 0 bridgehead atoms. The molecule has 0 aliphatic rings. The Hall–Kier alpha value is -0.840. The van der Waals surface area contributed by atoms with Crippen LogP contribution < -0.4 is 5.73 Å².